The van der Waals surface area contributed by atoms with Crippen molar-refractivity contribution in [2.45, 2.75) is 32.2 Å². The monoisotopic (exact) mass is 343 g/mol. The highest BCUT2D eigenvalue weighted by Crippen LogP contribution is 2.24. The Kier molecular flexibility index (Phi) is 5.11. The number of nitrogens with two attached hydrogens (primary N) is 1. The smallest absolute Gasteiger partial charge is 0.209 e. The van der Waals surface area contributed by atoms with Gasteiger partial charge in [0.1, 0.15) is 0 Å². The Morgan fingerprint density at radius 3 is 2.84 bits per heavy atom. The first kappa shape index (κ1) is 17.1. The third-order valence-corrected chi connectivity index (χ3v) is 4.73. The molecule has 0 saturated carbocycles. The molecule has 1 saturated heterocycles. The van der Waals surface area contributed by atoms with Crippen LogP contribution in [0.15, 0.2) is 24.7 Å². The summed E-state index contributed by atoms with van der Waals surface area (Å²) in [6.45, 7) is 3.52. The first-order valence-corrected chi connectivity index (χ1v) is 8.36. The van der Waals surface area contributed by atoms with Crippen LogP contribution in [0.1, 0.15) is 29.5 Å². The van der Waals surface area contributed by atoms with Gasteiger partial charge in [-0.1, -0.05) is 0 Å². The molecule has 0 aliphatic carbocycles. The van der Waals surface area contributed by atoms with Crippen molar-refractivity contribution in [2.75, 3.05) is 24.1 Å². The van der Waals surface area contributed by atoms with Crippen molar-refractivity contribution in [3.05, 3.63) is 47.2 Å². The van der Waals surface area contributed by atoms with Gasteiger partial charge < -0.3 is 16.0 Å². The van der Waals surface area contributed by atoms with Gasteiger partial charge in [0.25, 0.3) is 0 Å². The minimum atomic E-state index is -0.471. The van der Waals surface area contributed by atoms with Crippen LogP contribution in [0.2, 0.25) is 0 Å². The number of nitrogen functional groups attached to an aromatic ring is 1. The van der Waals surface area contributed by atoms with E-state index in [2.05, 4.69) is 15.3 Å². The third-order valence-electron chi connectivity index (χ3n) is 4.73. The fraction of sp³-hybridized carbons (Fsp3) is 0.389. The van der Waals surface area contributed by atoms with E-state index < -0.39 is 5.82 Å². The Morgan fingerprint density at radius 1 is 1.36 bits per heavy atom. The lowest BCUT2D eigenvalue weighted by Crippen LogP contribution is -2.38. The zero-order valence-electron chi connectivity index (χ0n) is 14.2. The number of nitrogens with zero attached hydrogens (tertiary/aromatic N) is 3. The van der Waals surface area contributed by atoms with Crippen LogP contribution in [0, 0.1) is 12.7 Å². The normalized spacial score (nSPS) is 15.2. The molecule has 3 heterocycles. The quantitative estimate of drug-likeness (QED) is 0.813. The average molecular weight is 343 g/mol. The summed E-state index contributed by atoms with van der Waals surface area (Å²) in [5.41, 5.74) is 8.99. The van der Waals surface area contributed by atoms with Gasteiger partial charge in [-0.3, -0.25) is 9.78 Å². The number of carbonyl (C=O) groups excluding carboxylic acids is 1. The minimum Gasteiger partial charge on any atom is -0.381 e. The number of rotatable bonds is 5. The number of piperidine rings is 1. The fourth-order valence-electron chi connectivity index (χ4n) is 3.10. The lowest BCUT2D eigenvalue weighted by molar-refractivity contribution is -0.118. The Balaban J connectivity index is 1.74. The minimum absolute atomic E-state index is 0.0840. The van der Waals surface area contributed by atoms with E-state index in [9.17, 15) is 9.18 Å². The van der Waals surface area contributed by atoms with Crippen LogP contribution < -0.4 is 11.1 Å². The molecule has 2 aromatic rings. The number of hydrogen-bond donors (Lipinski definition) is 2. The van der Waals surface area contributed by atoms with Gasteiger partial charge in [-0.15, -0.1) is 0 Å². The number of halogens is 1. The van der Waals surface area contributed by atoms with Gasteiger partial charge in [0.2, 0.25) is 6.41 Å². The predicted molar refractivity (Wildman–Crippen MR) is 94.7 cm³/mol. The van der Waals surface area contributed by atoms with E-state index >= 15 is 0 Å². The number of anilines is 2. The molecule has 2 aromatic heterocycles. The number of hydrogen-bond acceptors (Lipinski definition) is 5. The molecular weight excluding hydrogens is 321 g/mol. The second-order valence-corrected chi connectivity index (χ2v) is 6.38. The van der Waals surface area contributed by atoms with Crippen LogP contribution in [0.3, 0.4) is 0 Å². The first-order valence-electron chi connectivity index (χ1n) is 8.36. The van der Waals surface area contributed by atoms with Crippen molar-refractivity contribution < 1.29 is 9.18 Å². The van der Waals surface area contributed by atoms with Crippen LogP contribution in [0.4, 0.5) is 15.9 Å². The summed E-state index contributed by atoms with van der Waals surface area (Å²) in [5, 5.41) is 3.51. The van der Waals surface area contributed by atoms with Gasteiger partial charge >= 0.3 is 0 Å². The maximum Gasteiger partial charge on any atom is 0.209 e. The Bertz CT molecular complexity index is 759. The SMILES string of the molecule is Cc1c(Cc2ccnc(N)c2F)cncc1NC1CCN(C=O)CC1. The Labute approximate surface area is 146 Å². The summed E-state index contributed by atoms with van der Waals surface area (Å²) in [6.07, 6.45) is 8.18. The Hall–Kier alpha value is -2.70. The van der Waals surface area contributed by atoms with E-state index in [4.69, 9.17) is 5.73 Å². The van der Waals surface area contributed by atoms with Crippen molar-refractivity contribution in [3.8, 4) is 0 Å². The molecular formula is C18H22FN5O. The van der Waals surface area contributed by atoms with Gasteiger partial charge in [-0.05, 0) is 42.5 Å². The van der Waals surface area contributed by atoms with Crippen molar-refractivity contribution in [3.63, 3.8) is 0 Å². The molecule has 132 valence electrons. The highest BCUT2D eigenvalue weighted by molar-refractivity contribution is 5.54. The van der Waals surface area contributed by atoms with E-state index in [0.717, 1.165) is 49.2 Å². The molecule has 0 unspecified atom stereocenters. The largest absolute Gasteiger partial charge is 0.381 e. The van der Waals surface area contributed by atoms with Gasteiger partial charge in [-0.25, -0.2) is 9.37 Å². The lowest BCUT2D eigenvalue weighted by atomic mass is 10.0. The van der Waals surface area contributed by atoms with Gasteiger partial charge in [0, 0.05) is 37.9 Å². The van der Waals surface area contributed by atoms with Crippen molar-refractivity contribution in [1.29, 1.82) is 0 Å². The molecule has 0 radical (unpaired) electrons. The van der Waals surface area contributed by atoms with Crippen LogP contribution in [0.5, 0.6) is 0 Å². The van der Waals surface area contributed by atoms with E-state index in [1.165, 1.54) is 6.20 Å². The summed E-state index contributed by atoms with van der Waals surface area (Å²) in [5.74, 6) is -0.555. The number of aromatic nitrogens is 2. The maximum absolute atomic E-state index is 14.1. The topological polar surface area (TPSA) is 84.1 Å². The van der Waals surface area contributed by atoms with E-state index in [1.54, 1.807) is 23.4 Å². The molecule has 25 heavy (non-hydrogen) atoms. The number of pyridine rings is 2. The molecule has 1 aliphatic heterocycles. The zero-order chi connectivity index (χ0) is 17.8. The molecule has 0 atom stereocenters. The highest BCUT2D eigenvalue weighted by Gasteiger charge is 2.19. The molecule has 7 heteroatoms. The molecule has 1 amide bonds. The van der Waals surface area contributed by atoms with Crippen LogP contribution >= 0.6 is 0 Å². The Morgan fingerprint density at radius 2 is 2.12 bits per heavy atom. The van der Waals surface area contributed by atoms with E-state index in [0.29, 0.717) is 18.0 Å². The van der Waals surface area contributed by atoms with Crippen molar-refractivity contribution >= 4 is 17.9 Å². The van der Waals surface area contributed by atoms with E-state index in [1.807, 2.05) is 6.92 Å². The molecule has 1 fully saturated rings. The van der Waals surface area contributed by atoms with Crippen LogP contribution in [-0.4, -0.2) is 40.4 Å². The van der Waals surface area contributed by atoms with Crippen molar-refractivity contribution in [1.82, 2.24) is 14.9 Å². The fourth-order valence-corrected chi connectivity index (χ4v) is 3.10. The first-order chi connectivity index (χ1) is 12.1. The number of amides is 1. The second-order valence-electron chi connectivity index (χ2n) is 6.38. The van der Waals surface area contributed by atoms with Crippen molar-refractivity contribution in [2.24, 2.45) is 0 Å². The molecule has 0 aromatic carbocycles. The van der Waals surface area contributed by atoms with Gasteiger partial charge in [-0.2, -0.15) is 0 Å². The summed E-state index contributed by atoms with van der Waals surface area (Å²) in [4.78, 5) is 20.6. The number of nitrogens with one attached hydrogen (secondary N) is 1. The maximum atomic E-state index is 14.1. The molecule has 3 N–H and O–H groups in total. The summed E-state index contributed by atoms with van der Waals surface area (Å²) >= 11 is 0. The predicted octanol–water partition coefficient (Wildman–Crippen LogP) is 2.13. The van der Waals surface area contributed by atoms with Crippen LogP contribution in [0.25, 0.3) is 0 Å². The molecule has 3 rings (SSSR count). The summed E-state index contributed by atoms with van der Waals surface area (Å²) < 4.78 is 14.1. The number of carbonyl (C=O) groups is 1. The number of likely N-dealkylation sites (tertiary alicyclic amines) is 1. The lowest BCUT2D eigenvalue weighted by Gasteiger charge is -2.30. The van der Waals surface area contributed by atoms with E-state index in [-0.39, 0.29) is 5.82 Å². The molecule has 1 aliphatic rings. The standard InChI is InChI=1S/C18H22FN5O/c1-12-14(8-13-2-5-22-18(20)17(13)19)9-21-10-16(12)23-15-3-6-24(11-25)7-4-15/h2,5,9-11,15,23H,3-4,6-8H2,1H3,(H2,20,22). The molecule has 0 bridgehead atoms. The summed E-state index contributed by atoms with van der Waals surface area (Å²) in [7, 11) is 0. The third kappa shape index (κ3) is 3.87. The molecule has 6 nitrogen and oxygen atoms in total. The summed E-state index contributed by atoms with van der Waals surface area (Å²) in [6, 6.07) is 1.95. The van der Waals surface area contributed by atoms with Gasteiger partial charge in [0.15, 0.2) is 11.6 Å². The molecule has 0 spiro atoms. The second kappa shape index (κ2) is 7.46. The average Bonchev–Trinajstić information content (AvgIpc) is 2.63. The highest BCUT2D eigenvalue weighted by atomic mass is 19.1. The zero-order valence-corrected chi connectivity index (χ0v) is 14.2. The van der Waals surface area contributed by atoms with Gasteiger partial charge in [0.05, 0.1) is 11.9 Å². The van der Waals surface area contributed by atoms with Crippen LogP contribution in [-0.2, 0) is 11.2 Å².